The normalized spacial score (nSPS) is 9.93. The van der Waals surface area contributed by atoms with E-state index in [0.717, 1.165) is 4.31 Å². The van der Waals surface area contributed by atoms with Gasteiger partial charge in [0, 0.05) is 19.5 Å². The quantitative estimate of drug-likeness (QED) is 0.724. The van der Waals surface area contributed by atoms with E-state index >= 15 is 0 Å². The summed E-state index contributed by atoms with van der Waals surface area (Å²) < 4.78 is 29.9. The van der Waals surface area contributed by atoms with Crippen molar-refractivity contribution in [1.82, 2.24) is 4.31 Å². The smallest absolute Gasteiger partial charge is 0.335 e. The van der Waals surface area contributed by atoms with Crippen LogP contribution in [0.3, 0.4) is 0 Å². The van der Waals surface area contributed by atoms with Gasteiger partial charge in [-0.1, -0.05) is 28.2 Å². The Bertz CT molecular complexity index is 246. The Morgan fingerprint density at radius 2 is 1.47 bits per heavy atom. The molecule has 0 rings (SSSR count). The molecule has 0 heterocycles. The van der Waals surface area contributed by atoms with E-state index in [0.29, 0.717) is 13.1 Å². The van der Waals surface area contributed by atoms with Gasteiger partial charge in [-0.05, 0) is 0 Å². The summed E-state index contributed by atoms with van der Waals surface area (Å²) in [7, 11) is -3.93. The fraction of sp³-hybridized carbons (Fsp3) is 0.875. The van der Waals surface area contributed by atoms with Crippen molar-refractivity contribution in [3.05, 3.63) is 0 Å². The molecule has 7 heteroatoms. The van der Waals surface area contributed by atoms with Crippen LogP contribution in [0.15, 0.2) is 0 Å². The summed E-state index contributed by atoms with van der Waals surface area (Å²) in [5, 5.41) is 7.72. The first-order valence-electron chi connectivity index (χ1n) is 4.23. The highest BCUT2D eigenvalue weighted by Crippen LogP contribution is 1.93. The van der Waals surface area contributed by atoms with E-state index in [2.05, 4.69) is 0 Å². The van der Waals surface area contributed by atoms with Crippen molar-refractivity contribution in [2.45, 2.75) is 34.6 Å². The summed E-state index contributed by atoms with van der Waals surface area (Å²) in [5.74, 6) is -0.745. The average Bonchev–Trinajstić information content (AvgIpc) is 2.05. The average molecular weight is 243 g/mol. The number of hydrogen-bond donors (Lipinski definition) is 2. The topological polar surface area (TPSA) is 94.9 Å². The highest BCUT2D eigenvalue weighted by atomic mass is 32.2. The van der Waals surface area contributed by atoms with E-state index in [1.54, 1.807) is 20.8 Å². The standard InChI is InChI=1S/C4H11NO3S.C3H6O2.CH4/c1-3-5(4-2)9(6,7)8;1-2-3(4)5;/h3-4H2,1-2H3,(H,6,7,8);2H2,1H3,(H,4,5);1H4. The van der Waals surface area contributed by atoms with E-state index in [1.165, 1.54) is 0 Å². The van der Waals surface area contributed by atoms with Crippen molar-refractivity contribution in [2.24, 2.45) is 0 Å². The lowest BCUT2D eigenvalue weighted by Gasteiger charge is -2.11. The first-order valence-corrected chi connectivity index (χ1v) is 5.63. The van der Waals surface area contributed by atoms with Gasteiger partial charge in [0.05, 0.1) is 0 Å². The number of carboxylic acids is 1. The molecule has 0 spiro atoms. The van der Waals surface area contributed by atoms with Crippen LogP contribution in [0.1, 0.15) is 34.6 Å². The Morgan fingerprint density at radius 3 is 1.47 bits per heavy atom. The van der Waals surface area contributed by atoms with E-state index in [4.69, 9.17) is 9.66 Å². The molecule has 0 saturated heterocycles. The van der Waals surface area contributed by atoms with Crippen LogP contribution in [-0.2, 0) is 15.1 Å². The zero-order valence-electron chi connectivity index (χ0n) is 8.60. The van der Waals surface area contributed by atoms with Gasteiger partial charge in [-0.25, -0.2) is 0 Å². The maximum atomic E-state index is 10.3. The second-order valence-corrected chi connectivity index (χ2v) is 3.72. The fourth-order valence-corrected chi connectivity index (χ4v) is 1.20. The van der Waals surface area contributed by atoms with Crippen LogP contribution in [0.5, 0.6) is 0 Å². The van der Waals surface area contributed by atoms with Crippen molar-refractivity contribution < 1.29 is 22.9 Å². The molecule has 0 fully saturated rings. The van der Waals surface area contributed by atoms with Gasteiger partial charge >= 0.3 is 16.3 Å². The Hall–Kier alpha value is -0.660. The van der Waals surface area contributed by atoms with Crippen LogP contribution < -0.4 is 0 Å². The fourth-order valence-electron chi connectivity index (χ4n) is 0.550. The molecule has 0 atom stereocenters. The van der Waals surface area contributed by atoms with Gasteiger partial charge in [-0.2, -0.15) is 12.7 Å². The zero-order chi connectivity index (χ0) is 11.8. The number of rotatable bonds is 4. The molecule has 0 unspecified atom stereocenters. The van der Waals surface area contributed by atoms with Gasteiger partial charge in [0.15, 0.2) is 0 Å². The first kappa shape index (κ1) is 19.8. The summed E-state index contributed by atoms with van der Waals surface area (Å²) in [6.07, 6.45) is 0.222. The van der Waals surface area contributed by atoms with Gasteiger partial charge in [0.25, 0.3) is 0 Å². The first-order chi connectivity index (χ1) is 6.29. The third-order valence-electron chi connectivity index (χ3n) is 1.33. The van der Waals surface area contributed by atoms with Crippen LogP contribution >= 0.6 is 0 Å². The highest BCUT2D eigenvalue weighted by molar-refractivity contribution is 7.83. The van der Waals surface area contributed by atoms with Crippen LogP contribution in [0.2, 0.25) is 0 Å². The van der Waals surface area contributed by atoms with Crippen molar-refractivity contribution in [2.75, 3.05) is 13.1 Å². The summed E-state index contributed by atoms with van der Waals surface area (Å²) in [6, 6.07) is 0. The Labute approximate surface area is 91.8 Å². The van der Waals surface area contributed by atoms with Crippen molar-refractivity contribution in [1.29, 1.82) is 0 Å². The third-order valence-corrected chi connectivity index (χ3v) is 2.50. The molecule has 0 bridgehead atoms. The van der Waals surface area contributed by atoms with E-state index in [1.807, 2.05) is 0 Å². The number of carboxylic acid groups (broad SMARTS) is 1. The lowest BCUT2D eigenvalue weighted by atomic mass is 10.5. The van der Waals surface area contributed by atoms with Crippen molar-refractivity contribution >= 4 is 16.3 Å². The molecular formula is C8H21NO5S. The summed E-state index contributed by atoms with van der Waals surface area (Å²) >= 11 is 0. The predicted octanol–water partition coefficient (Wildman–Crippen LogP) is 1.25. The van der Waals surface area contributed by atoms with Crippen LogP contribution in [0.4, 0.5) is 0 Å². The Kier molecular flexibility index (Phi) is 13.1. The van der Waals surface area contributed by atoms with Gasteiger partial charge in [0.2, 0.25) is 0 Å². The summed E-state index contributed by atoms with van der Waals surface area (Å²) in [6.45, 7) is 5.56. The van der Waals surface area contributed by atoms with Gasteiger partial charge < -0.3 is 5.11 Å². The van der Waals surface area contributed by atoms with Gasteiger partial charge in [0.1, 0.15) is 0 Å². The molecule has 0 aromatic carbocycles. The molecular weight excluding hydrogens is 222 g/mol. The number of carbonyl (C=O) groups is 1. The minimum absolute atomic E-state index is 0. The molecule has 2 N–H and O–H groups in total. The second-order valence-electron chi connectivity index (χ2n) is 2.31. The van der Waals surface area contributed by atoms with Crippen LogP contribution in [0.25, 0.3) is 0 Å². The molecule has 0 aromatic heterocycles. The molecule has 94 valence electrons. The molecule has 0 aliphatic carbocycles. The molecule has 0 radical (unpaired) electrons. The number of hydrogen-bond acceptors (Lipinski definition) is 3. The SMILES string of the molecule is C.CCC(=O)O.CCN(CC)S(=O)(=O)O. The lowest BCUT2D eigenvalue weighted by molar-refractivity contribution is -0.136. The minimum atomic E-state index is -3.93. The molecule has 6 nitrogen and oxygen atoms in total. The summed E-state index contributed by atoms with van der Waals surface area (Å²) in [5.41, 5.74) is 0. The highest BCUT2D eigenvalue weighted by Gasteiger charge is 2.12. The van der Waals surface area contributed by atoms with Crippen molar-refractivity contribution in [3.63, 3.8) is 0 Å². The monoisotopic (exact) mass is 243 g/mol. The second kappa shape index (κ2) is 9.88. The van der Waals surface area contributed by atoms with E-state index in [9.17, 15) is 13.2 Å². The zero-order valence-corrected chi connectivity index (χ0v) is 9.41. The molecule has 0 amide bonds. The Morgan fingerprint density at radius 1 is 1.20 bits per heavy atom. The van der Waals surface area contributed by atoms with Crippen LogP contribution in [-0.4, -0.2) is 41.4 Å². The molecule has 0 aliphatic rings. The van der Waals surface area contributed by atoms with Gasteiger partial charge in [-0.3, -0.25) is 9.35 Å². The number of aliphatic carboxylic acids is 1. The molecule has 15 heavy (non-hydrogen) atoms. The summed E-state index contributed by atoms with van der Waals surface area (Å²) in [4.78, 5) is 9.37. The number of nitrogens with zero attached hydrogens (tertiary/aromatic N) is 1. The van der Waals surface area contributed by atoms with E-state index in [-0.39, 0.29) is 13.8 Å². The molecule has 0 aliphatic heterocycles. The molecule has 0 aromatic rings. The lowest BCUT2D eigenvalue weighted by Crippen LogP contribution is -2.29. The van der Waals surface area contributed by atoms with Crippen LogP contribution in [0, 0.1) is 0 Å². The molecule has 0 saturated carbocycles. The van der Waals surface area contributed by atoms with Gasteiger partial charge in [-0.15, -0.1) is 0 Å². The predicted molar refractivity (Wildman–Crippen MR) is 59.1 cm³/mol. The van der Waals surface area contributed by atoms with Crippen molar-refractivity contribution in [3.8, 4) is 0 Å². The largest absolute Gasteiger partial charge is 0.481 e. The maximum absolute atomic E-state index is 10.3. The Balaban J connectivity index is -0.000000208. The van der Waals surface area contributed by atoms with E-state index < -0.39 is 16.3 Å². The maximum Gasteiger partial charge on any atom is 0.335 e. The minimum Gasteiger partial charge on any atom is -0.481 e. The third kappa shape index (κ3) is 13.3.